The first-order valence-electron chi connectivity index (χ1n) is 10.1. The lowest BCUT2D eigenvalue weighted by Gasteiger charge is -2.19. The van der Waals surface area contributed by atoms with Crippen molar-refractivity contribution in [3.8, 4) is 11.4 Å². The number of rotatable bonds is 6. The lowest BCUT2D eigenvalue weighted by atomic mass is 10.0. The zero-order valence-corrected chi connectivity index (χ0v) is 17.1. The molecular weight excluding hydrogens is 360 g/mol. The molecule has 0 amide bonds. The van der Waals surface area contributed by atoms with E-state index in [2.05, 4.69) is 34.2 Å². The van der Waals surface area contributed by atoms with Gasteiger partial charge in [-0.3, -0.25) is 0 Å². The molecule has 0 spiro atoms. The van der Waals surface area contributed by atoms with Gasteiger partial charge in [-0.2, -0.15) is 0 Å². The van der Waals surface area contributed by atoms with Crippen LogP contribution in [0, 0.1) is 6.92 Å². The molecule has 1 heterocycles. The topological polar surface area (TPSA) is 54.2 Å². The van der Waals surface area contributed by atoms with E-state index in [-0.39, 0.29) is 5.75 Å². The summed E-state index contributed by atoms with van der Waals surface area (Å²) >= 11 is 0. The van der Waals surface area contributed by atoms with E-state index in [0.717, 1.165) is 52.8 Å². The first-order valence-corrected chi connectivity index (χ1v) is 10.1. The van der Waals surface area contributed by atoms with Crippen molar-refractivity contribution in [3.63, 3.8) is 0 Å². The van der Waals surface area contributed by atoms with E-state index < -0.39 is 0 Å². The monoisotopic (exact) mass is 386 g/mol. The van der Waals surface area contributed by atoms with Gasteiger partial charge in [0.25, 0.3) is 0 Å². The van der Waals surface area contributed by atoms with Gasteiger partial charge in [0.2, 0.25) is 0 Å². The fourth-order valence-corrected chi connectivity index (χ4v) is 3.56. The highest BCUT2D eigenvalue weighted by Crippen LogP contribution is 2.30. The number of unbranched alkanes of at least 4 members (excludes halogenated alkanes) is 1. The second-order valence-corrected chi connectivity index (χ2v) is 7.45. The molecule has 5 nitrogen and oxygen atoms in total. The van der Waals surface area contributed by atoms with E-state index in [0.29, 0.717) is 5.69 Å². The first kappa shape index (κ1) is 19.0. The Morgan fingerprint density at radius 3 is 2.45 bits per heavy atom. The van der Waals surface area contributed by atoms with Crippen LogP contribution in [-0.4, -0.2) is 27.1 Å². The summed E-state index contributed by atoms with van der Waals surface area (Å²) in [6.07, 6.45) is 2.98. The lowest BCUT2D eigenvalue weighted by Crippen LogP contribution is -2.08. The van der Waals surface area contributed by atoms with Crippen LogP contribution in [0.15, 0.2) is 60.7 Å². The van der Waals surface area contributed by atoms with Crippen LogP contribution in [0.4, 0.5) is 11.4 Å². The van der Waals surface area contributed by atoms with Crippen LogP contribution < -0.4 is 4.90 Å². The minimum Gasteiger partial charge on any atom is -0.505 e. The fourth-order valence-electron chi connectivity index (χ4n) is 3.56. The van der Waals surface area contributed by atoms with Crippen LogP contribution in [0.3, 0.4) is 0 Å². The Morgan fingerprint density at radius 2 is 1.69 bits per heavy atom. The molecule has 0 unspecified atom stereocenters. The summed E-state index contributed by atoms with van der Waals surface area (Å²) in [5.41, 5.74) is 6.41. The molecule has 0 saturated carbocycles. The largest absolute Gasteiger partial charge is 0.505 e. The zero-order valence-electron chi connectivity index (χ0n) is 17.1. The normalized spacial score (nSPS) is 11.1. The SMILES string of the molecule is CCCCc1cc(C)cc(-n2nc3ccc(N(C)c4ccccc4)cc3n2)c1O. The van der Waals surface area contributed by atoms with E-state index in [9.17, 15) is 5.11 Å². The van der Waals surface area contributed by atoms with Gasteiger partial charge in [0.15, 0.2) is 0 Å². The molecule has 4 aromatic rings. The predicted octanol–water partition coefficient (Wildman–Crippen LogP) is 5.55. The van der Waals surface area contributed by atoms with Gasteiger partial charge in [0, 0.05) is 18.4 Å². The molecule has 29 heavy (non-hydrogen) atoms. The molecule has 0 aliphatic carbocycles. The smallest absolute Gasteiger partial charge is 0.146 e. The second kappa shape index (κ2) is 7.95. The lowest BCUT2D eigenvalue weighted by molar-refractivity contribution is 0.459. The van der Waals surface area contributed by atoms with Gasteiger partial charge < -0.3 is 10.0 Å². The number of nitrogens with zero attached hydrogens (tertiary/aromatic N) is 4. The molecule has 1 N–H and O–H groups in total. The van der Waals surface area contributed by atoms with Crippen molar-refractivity contribution >= 4 is 22.4 Å². The number of anilines is 2. The third-order valence-electron chi connectivity index (χ3n) is 5.22. The van der Waals surface area contributed by atoms with Gasteiger partial charge in [-0.05, 0) is 67.3 Å². The number of aryl methyl sites for hydroxylation is 2. The van der Waals surface area contributed by atoms with Gasteiger partial charge in [0.1, 0.15) is 22.5 Å². The maximum Gasteiger partial charge on any atom is 0.146 e. The molecule has 0 atom stereocenters. The van der Waals surface area contributed by atoms with Crippen LogP contribution >= 0.6 is 0 Å². The van der Waals surface area contributed by atoms with Crippen molar-refractivity contribution in [2.75, 3.05) is 11.9 Å². The Labute approximate surface area is 171 Å². The summed E-state index contributed by atoms with van der Waals surface area (Å²) in [7, 11) is 2.04. The van der Waals surface area contributed by atoms with Crippen LogP contribution in [0.25, 0.3) is 16.7 Å². The molecule has 4 rings (SSSR count). The zero-order chi connectivity index (χ0) is 20.4. The molecular formula is C24H26N4O. The molecule has 0 bridgehead atoms. The quantitative estimate of drug-likeness (QED) is 0.472. The number of fused-ring (bicyclic) bond motifs is 1. The van der Waals surface area contributed by atoms with E-state index in [4.69, 9.17) is 0 Å². The summed E-state index contributed by atoms with van der Waals surface area (Å²) in [5.74, 6) is 0.269. The molecule has 3 aromatic carbocycles. The maximum atomic E-state index is 10.8. The van der Waals surface area contributed by atoms with Crippen molar-refractivity contribution in [2.24, 2.45) is 0 Å². The Kier molecular flexibility index (Phi) is 5.21. The van der Waals surface area contributed by atoms with Gasteiger partial charge in [-0.15, -0.1) is 15.0 Å². The van der Waals surface area contributed by atoms with E-state index in [1.54, 1.807) is 4.80 Å². The molecule has 0 saturated heterocycles. The molecule has 5 heteroatoms. The average molecular weight is 386 g/mol. The van der Waals surface area contributed by atoms with E-state index in [1.165, 1.54) is 0 Å². The van der Waals surface area contributed by atoms with E-state index >= 15 is 0 Å². The number of hydrogen-bond donors (Lipinski definition) is 1. The van der Waals surface area contributed by atoms with Crippen molar-refractivity contribution in [1.82, 2.24) is 15.0 Å². The number of benzene rings is 3. The summed E-state index contributed by atoms with van der Waals surface area (Å²) in [6, 6.07) is 20.2. The molecule has 0 radical (unpaired) electrons. The minimum absolute atomic E-state index is 0.269. The van der Waals surface area contributed by atoms with E-state index in [1.807, 2.05) is 62.5 Å². The predicted molar refractivity (Wildman–Crippen MR) is 118 cm³/mol. The maximum absolute atomic E-state index is 10.8. The van der Waals surface area contributed by atoms with Crippen LogP contribution in [0.1, 0.15) is 30.9 Å². The number of phenolic OH excluding ortho intramolecular Hbond substituents is 1. The molecule has 0 fully saturated rings. The van der Waals surface area contributed by atoms with Gasteiger partial charge in [0.05, 0.1) is 0 Å². The number of aromatic hydroxyl groups is 1. The summed E-state index contributed by atoms with van der Waals surface area (Å²) in [4.78, 5) is 3.67. The third kappa shape index (κ3) is 3.81. The standard InChI is InChI=1S/C24H26N4O/c1-4-5-9-18-14-17(2)15-23(24(18)29)28-25-21-13-12-20(16-22(21)26-28)27(3)19-10-7-6-8-11-19/h6-8,10-16,29H,4-5,9H2,1-3H3. The molecule has 0 aliphatic rings. The Balaban J connectivity index is 1.72. The fraction of sp³-hybridized carbons (Fsp3) is 0.250. The first-order chi connectivity index (χ1) is 14.1. The summed E-state index contributed by atoms with van der Waals surface area (Å²) in [5, 5.41) is 20.1. The van der Waals surface area contributed by atoms with Crippen molar-refractivity contribution in [2.45, 2.75) is 33.1 Å². The van der Waals surface area contributed by atoms with Crippen LogP contribution in [-0.2, 0) is 6.42 Å². The summed E-state index contributed by atoms with van der Waals surface area (Å²) < 4.78 is 0. The number of hydrogen-bond acceptors (Lipinski definition) is 4. The van der Waals surface area contributed by atoms with Gasteiger partial charge >= 0.3 is 0 Å². The summed E-state index contributed by atoms with van der Waals surface area (Å²) in [6.45, 7) is 4.19. The average Bonchev–Trinajstić information content (AvgIpc) is 3.17. The number of phenols is 1. The van der Waals surface area contributed by atoms with Crippen LogP contribution in [0.2, 0.25) is 0 Å². The Bertz CT molecular complexity index is 1130. The second-order valence-electron chi connectivity index (χ2n) is 7.45. The van der Waals surface area contributed by atoms with Gasteiger partial charge in [-0.25, -0.2) is 0 Å². The highest BCUT2D eigenvalue weighted by atomic mass is 16.3. The highest BCUT2D eigenvalue weighted by Gasteiger charge is 2.14. The third-order valence-corrected chi connectivity index (χ3v) is 5.22. The minimum atomic E-state index is 0.269. The highest BCUT2D eigenvalue weighted by molar-refractivity contribution is 5.80. The Hall–Kier alpha value is -3.34. The van der Waals surface area contributed by atoms with Gasteiger partial charge in [-0.1, -0.05) is 37.6 Å². The Morgan fingerprint density at radius 1 is 0.931 bits per heavy atom. The number of aromatic nitrogens is 3. The van der Waals surface area contributed by atoms with Crippen molar-refractivity contribution < 1.29 is 5.11 Å². The molecule has 148 valence electrons. The molecule has 1 aromatic heterocycles. The van der Waals surface area contributed by atoms with Crippen molar-refractivity contribution in [1.29, 1.82) is 0 Å². The molecule has 0 aliphatic heterocycles. The number of para-hydroxylation sites is 1. The van der Waals surface area contributed by atoms with Crippen molar-refractivity contribution in [3.05, 3.63) is 71.8 Å². The van der Waals surface area contributed by atoms with Crippen LogP contribution in [0.5, 0.6) is 5.75 Å².